The van der Waals surface area contributed by atoms with E-state index in [1.54, 1.807) is 6.92 Å². The van der Waals surface area contributed by atoms with Gasteiger partial charge >= 0.3 is 0 Å². The fourth-order valence-electron chi connectivity index (χ4n) is 0.160. The standard InChI is InChI=1S/C4H6Cl2O/c1-2-3(5)4(6)7/h3H,2H2,1H3. The van der Waals surface area contributed by atoms with Crippen LogP contribution in [0.25, 0.3) is 0 Å². The van der Waals surface area contributed by atoms with E-state index in [0.29, 0.717) is 6.42 Å². The van der Waals surface area contributed by atoms with Crippen molar-refractivity contribution in [3.05, 3.63) is 0 Å². The first kappa shape index (κ1) is 7.25. The van der Waals surface area contributed by atoms with Gasteiger partial charge in [-0.15, -0.1) is 11.6 Å². The zero-order valence-electron chi connectivity index (χ0n) is 3.95. The maximum Gasteiger partial charge on any atom is 0.239 e. The van der Waals surface area contributed by atoms with Crippen LogP contribution in [0.15, 0.2) is 0 Å². The first-order valence-corrected chi connectivity index (χ1v) is 2.83. The van der Waals surface area contributed by atoms with Gasteiger partial charge in [-0.25, -0.2) is 0 Å². The maximum absolute atomic E-state index is 10.0. The molecule has 1 nitrogen and oxygen atoms in total. The summed E-state index contributed by atoms with van der Waals surface area (Å²) in [5.74, 6) is 0. The summed E-state index contributed by atoms with van der Waals surface area (Å²) in [6, 6.07) is 0. The molecule has 1 unspecified atom stereocenters. The highest BCUT2D eigenvalue weighted by molar-refractivity contribution is 6.69. The van der Waals surface area contributed by atoms with Gasteiger partial charge in [0, 0.05) is 0 Å². The van der Waals surface area contributed by atoms with Gasteiger partial charge in [0.1, 0.15) is 5.38 Å². The third kappa shape index (κ3) is 2.89. The monoisotopic (exact) mass is 140 g/mol. The molecular formula is C4H6Cl2O. The first-order chi connectivity index (χ1) is 3.18. The molecule has 3 heteroatoms. The molecule has 0 saturated heterocycles. The molecule has 0 aromatic heterocycles. The van der Waals surface area contributed by atoms with Gasteiger partial charge in [0.05, 0.1) is 0 Å². The van der Waals surface area contributed by atoms with Crippen molar-refractivity contribution < 1.29 is 4.79 Å². The average molecular weight is 141 g/mol. The molecule has 0 aliphatic heterocycles. The van der Waals surface area contributed by atoms with Crippen LogP contribution in [-0.2, 0) is 4.79 Å². The number of carbonyl (C=O) groups excluding carboxylic acids is 1. The Bertz CT molecular complexity index is 72.1. The van der Waals surface area contributed by atoms with Gasteiger partial charge in [-0.2, -0.15) is 0 Å². The predicted molar refractivity (Wildman–Crippen MR) is 30.8 cm³/mol. The van der Waals surface area contributed by atoms with Crippen LogP contribution in [0.5, 0.6) is 0 Å². The van der Waals surface area contributed by atoms with Crippen molar-refractivity contribution in [3.63, 3.8) is 0 Å². The van der Waals surface area contributed by atoms with Crippen LogP contribution in [0.4, 0.5) is 0 Å². The second-order valence-electron chi connectivity index (χ2n) is 1.18. The van der Waals surface area contributed by atoms with Crippen LogP contribution in [0.1, 0.15) is 13.3 Å². The molecule has 42 valence electrons. The first-order valence-electron chi connectivity index (χ1n) is 2.02. The van der Waals surface area contributed by atoms with Gasteiger partial charge in [0.15, 0.2) is 0 Å². The Hall–Kier alpha value is 0.250. The SMILES string of the molecule is CCC(Cl)C(=O)Cl. The van der Waals surface area contributed by atoms with Crippen LogP contribution in [0.3, 0.4) is 0 Å². The van der Waals surface area contributed by atoms with Crippen molar-refractivity contribution in [2.24, 2.45) is 0 Å². The summed E-state index contributed by atoms with van der Waals surface area (Å²) in [4.78, 5) is 10.0. The number of rotatable bonds is 2. The summed E-state index contributed by atoms with van der Waals surface area (Å²) in [6.07, 6.45) is 0.601. The summed E-state index contributed by atoms with van der Waals surface area (Å²) < 4.78 is 0. The molecule has 0 fully saturated rings. The van der Waals surface area contributed by atoms with Crippen molar-refractivity contribution >= 4 is 28.4 Å². The van der Waals surface area contributed by atoms with E-state index in [-0.39, 0.29) is 0 Å². The molecule has 0 aromatic carbocycles. The van der Waals surface area contributed by atoms with E-state index in [2.05, 4.69) is 0 Å². The molecule has 0 amide bonds. The minimum absolute atomic E-state index is 0.468. The molecular weight excluding hydrogens is 135 g/mol. The van der Waals surface area contributed by atoms with E-state index in [1.807, 2.05) is 0 Å². The molecule has 1 atom stereocenters. The van der Waals surface area contributed by atoms with Gasteiger partial charge in [-0.1, -0.05) is 6.92 Å². The summed E-state index contributed by atoms with van der Waals surface area (Å²) in [5.41, 5.74) is 0. The highest BCUT2D eigenvalue weighted by Crippen LogP contribution is 2.03. The van der Waals surface area contributed by atoms with Crippen LogP contribution in [-0.4, -0.2) is 10.6 Å². The van der Waals surface area contributed by atoms with E-state index in [0.717, 1.165) is 0 Å². The van der Waals surface area contributed by atoms with Crippen molar-refractivity contribution in [2.45, 2.75) is 18.7 Å². The second kappa shape index (κ2) is 3.28. The summed E-state index contributed by atoms with van der Waals surface area (Å²) in [7, 11) is 0. The second-order valence-corrected chi connectivity index (χ2v) is 2.08. The molecule has 0 aliphatic rings. The Kier molecular flexibility index (Phi) is 3.39. The molecule has 0 radical (unpaired) electrons. The lowest BCUT2D eigenvalue weighted by Crippen LogP contribution is -2.04. The number of carbonyl (C=O) groups is 1. The van der Waals surface area contributed by atoms with Crippen LogP contribution >= 0.6 is 23.2 Å². The van der Waals surface area contributed by atoms with Gasteiger partial charge in [0.25, 0.3) is 0 Å². The van der Waals surface area contributed by atoms with Gasteiger partial charge in [-0.3, -0.25) is 4.79 Å². The highest BCUT2D eigenvalue weighted by atomic mass is 35.5. The van der Waals surface area contributed by atoms with Crippen molar-refractivity contribution in [2.75, 3.05) is 0 Å². The Balaban J connectivity index is 3.34. The molecule has 7 heavy (non-hydrogen) atoms. The molecule has 0 spiro atoms. The lowest BCUT2D eigenvalue weighted by molar-refractivity contribution is -0.111. The Labute approximate surface area is 52.6 Å². The predicted octanol–water partition coefficient (Wildman–Crippen LogP) is 1.77. The van der Waals surface area contributed by atoms with Crippen molar-refractivity contribution in [1.29, 1.82) is 0 Å². The molecule has 0 aromatic rings. The average Bonchev–Trinajstić information content (AvgIpc) is 1.65. The normalized spacial score (nSPS) is 13.6. The number of hydrogen-bond acceptors (Lipinski definition) is 1. The van der Waals surface area contributed by atoms with E-state index in [4.69, 9.17) is 23.2 Å². The largest absolute Gasteiger partial charge is 0.280 e. The molecule has 0 aliphatic carbocycles. The van der Waals surface area contributed by atoms with E-state index >= 15 is 0 Å². The van der Waals surface area contributed by atoms with Crippen LogP contribution in [0.2, 0.25) is 0 Å². The van der Waals surface area contributed by atoms with Gasteiger partial charge < -0.3 is 0 Å². The third-order valence-electron chi connectivity index (χ3n) is 0.605. The van der Waals surface area contributed by atoms with Crippen molar-refractivity contribution in [3.8, 4) is 0 Å². The third-order valence-corrected chi connectivity index (χ3v) is 1.49. The number of halogens is 2. The Morgan fingerprint density at radius 2 is 2.29 bits per heavy atom. The topological polar surface area (TPSA) is 17.1 Å². The van der Waals surface area contributed by atoms with Crippen LogP contribution in [0, 0.1) is 0 Å². The molecule has 0 rings (SSSR count). The number of alkyl halides is 1. The van der Waals surface area contributed by atoms with E-state index in [9.17, 15) is 4.79 Å². The molecule has 0 saturated carbocycles. The fraction of sp³-hybridized carbons (Fsp3) is 0.750. The molecule has 0 heterocycles. The maximum atomic E-state index is 10.0. The summed E-state index contributed by atoms with van der Waals surface area (Å²) in [6.45, 7) is 1.80. The molecule has 0 N–H and O–H groups in total. The minimum atomic E-state index is -0.498. The Morgan fingerprint density at radius 3 is 2.29 bits per heavy atom. The molecule has 0 bridgehead atoms. The van der Waals surface area contributed by atoms with Crippen molar-refractivity contribution in [1.82, 2.24) is 0 Å². The highest BCUT2D eigenvalue weighted by Gasteiger charge is 2.07. The zero-order valence-corrected chi connectivity index (χ0v) is 5.46. The van der Waals surface area contributed by atoms with Gasteiger partial charge in [0.2, 0.25) is 5.24 Å². The summed E-state index contributed by atoms with van der Waals surface area (Å²) in [5, 5.41) is -0.967. The lowest BCUT2D eigenvalue weighted by Gasteiger charge is -1.93. The number of hydrogen-bond donors (Lipinski definition) is 0. The minimum Gasteiger partial charge on any atom is -0.280 e. The van der Waals surface area contributed by atoms with Gasteiger partial charge in [-0.05, 0) is 18.0 Å². The summed E-state index contributed by atoms with van der Waals surface area (Å²) >= 11 is 10.3. The lowest BCUT2D eigenvalue weighted by atomic mass is 10.4. The van der Waals surface area contributed by atoms with E-state index in [1.165, 1.54) is 0 Å². The smallest absolute Gasteiger partial charge is 0.239 e. The quantitative estimate of drug-likeness (QED) is 0.423. The Morgan fingerprint density at radius 1 is 1.86 bits per heavy atom. The van der Waals surface area contributed by atoms with E-state index < -0.39 is 10.6 Å². The zero-order chi connectivity index (χ0) is 5.86. The fourth-order valence-corrected chi connectivity index (χ4v) is 0.315. The van der Waals surface area contributed by atoms with Crippen LogP contribution < -0.4 is 0 Å².